The average molecular weight is 369 g/mol. The van der Waals surface area contributed by atoms with Crippen molar-refractivity contribution in [2.75, 3.05) is 0 Å². The molecule has 0 unspecified atom stereocenters. The van der Waals surface area contributed by atoms with Crippen LogP contribution in [0.5, 0.6) is 0 Å². The van der Waals surface area contributed by atoms with E-state index < -0.39 is 11.7 Å². The Kier molecular flexibility index (Phi) is 7.47. The Morgan fingerprint density at radius 1 is 1.16 bits per heavy atom. The van der Waals surface area contributed by atoms with Crippen LogP contribution in [-0.4, -0.2) is 23.6 Å². The fraction of sp³-hybridized carbons (Fsp3) is 0.684. The molecule has 1 aromatic rings. The summed E-state index contributed by atoms with van der Waals surface area (Å²) in [6, 6.07) is 3.90. The normalized spacial score (nSPS) is 14.5. The summed E-state index contributed by atoms with van der Waals surface area (Å²) < 4.78 is 5.22. The topological polar surface area (TPSA) is 67.4 Å². The van der Waals surface area contributed by atoms with Crippen LogP contribution in [0, 0.1) is 5.41 Å². The summed E-state index contributed by atoms with van der Waals surface area (Å²) in [5.41, 5.74) is -0.595. The van der Waals surface area contributed by atoms with E-state index in [2.05, 4.69) is 31.4 Å². The van der Waals surface area contributed by atoms with Crippen molar-refractivity contribution in [1.82, 2.24) is 10.6 Å². The molecule has 0 fully saturated rings. The molecule has 5 nitrogen and oxygen atoms in total. The predicted octanol–water partition coefficient (Wildman–Crippen LogP) is 4.64. The maximum atomic E-state index is 12.4. The highest BCUT2D eigenvalue weighted by atomic mass is 32.1. The fourth-order valence-corrected chi connectivity index (χ4v) is 3.35. The smallest absolute Gasteiger partial charge is 0.407 e. The molecule has 25 heavy (non-hydrogen) atoms. The van der Waals surface area contributed by atoms with Gasteiger partial charge < -0.3 is 15.4 Å². The number of nitrogens with one attached hydrogen (secondary N) is 2. The monoisotopic (exact) mass is 368 g/mol. The van der Waals surface area contributed by atoms with E-state index in [9.17, 15) is 9.59 Å². The first kappa shape index (κ1) is 21.5. The molecule has 6 heteroatoms. The lowest BCUT2D eigenvalue weighted by molar-refractivity contribution is -0.122. The number of carbonyl (C=O) groups is 2. The van der Waals surface area contributed by atoms with Gasteiger partial charge in [-0.15, -0.1) is 11.3 Å². The minimum absolute atomic E-state index is 0.00818. The lowest BCUT2D eigenvalue weighted by Crippen LogP contribution is -2.39. The molecule has 0 aliphatic rings. The number of rotatable bonds is 6. The van der Waals surface area contributed by atoms with Crippen molar-refractivity contribution in [2.24, 2.45) is 5.41 Å². The number of alkyl carbamates (subject to hydrolysis) is 1. The first-order valence-corrected chi connectivity index (χ1v) is 9.59. The van der Waals surface area contributed by atoms with Crippen LogP contribution in [0.2, 0.25) is 0 Å². The van der Waals surface area contributed by atoms with Gasteiger partial charge in [0.1, 0.15) is 5.60 Å². The molecule has 2 atom stereocenters. The van der Waals surface area contributed by atoms with Crippen LogP contribution in [0.4, 0.5) is 4.79 Å². The van der Waals surface area contributed by atoms with Gasteiger partial charge in [-0.1, -0.05) is 26.8 Å². The zero-order chi connectivity index (χ0) is 19.3. The highest BCUT2D eigenvalue weighted by Crippen LogP contribution is 2.35. The van der Waals surface area contributed by atoms with Gasteiger partial charge in [0.15, 0.2) is 0 Å². The highest BCUT2D eigenvalue weighted by molar-refractivity contribution is 7.10. The van der Waals surface area contributed by atoms with Gasteiger partial charge in [0.2, 0.25) is 5.91 Å². The predicted molar refractivity (Wildman–Crippen MR) is 103 cm³/mol. The lowest BCUT2D eigenvalue weighted by Gasteiger charge is -2.31. The summed E-state index contributed by atoms with van der Waals surface area (Å²) in [4.78, 5) is 25.3. The minimum Gasteiger partial charge on any atom is -0.444 e. The summed E-state index contributed by atoms with van der Waals surface area (Å²) >= 11 is 1.65. The zero-order valence-corrected chi connectivity index (χ0v) is 17.3. The number of hydrogen-bond acceptors (Lipinski definition) is 4. The molecule has 142 valence electrons. The second-order valence-corrected chi connectivity index (χ2v) is 9.45. The van der Waals surface area contributed by atoms with Gasteiger partial charge in [-0.2, -0.15) is 0 Å². The second kappa shape index (κ2) is 8.70. The first-order chi connectivity index (χ1) is 11.4. The molecule has 0 aromatic carbocycles. The largest absolute Gasteiger partial charge is 0.444 e. The van der Waals surface area contributed by atoms with E-state index in [1.807, 2.05) is 45.2 Å². The molecule has 0 aliphatic carbocycles. The van der Waals surface area contributed by atoms with Gasteiger partial charge in [-0.3, -0.25) is 4.79 Å². The van der Waals surface area contributed by atoms with Crippen molar-refractivity contribution in [3.05, 3.63) is 22.4 Å². The molecule has 0 aliphatic heterocycles. The van der Waals surface area contributed by atoms with Gasteiger partial charge in [0.05, 0.1) is 6.04 Å². The Hall–Kier alpha value is -1.56. The maximum Gasteiger partial charge on any atom is 0.407 e. The van der Waals surface area contributed by atoms with E-state index >= 15 is 0 Å². The molecule has 0 spiro atoms. The van der Waals surface area contributed by atoms with E-state index in [-0.39, 0.29) is 23.4 Å². The second-order valence-electron chi connectivity index (χ2n) is 8.47. The molecule has 0 bridgehead atoms. The Labute approximate surface area is 155 Å². The highest BCUT2D eigenvalue weighted by Gasteiger charge is 2.28. The van der Waals surface area contributed by atoms with Crippen LogP contribution in [0.15, 0.2) is 17.5 Å². The summed E-state index contributed by atoms with van der Waals surface area (Å²) in [5, 5.41) is 7.92. The van der Waals surface area contributed by atoms with Gasteiger partial charge >= 0.3 is 6.09 Å². The first-order valence-electron chi connectivity index (χ1n) is 8.71. The van der Waals surface area contributed by atoms with Crippen molar-refractivity contribution in [3.8, 4) is 0 Å². The molecule has 2 N–H and O–H groups in total. The van der Waals surface area contributed by atoms with Gasteiger partial charge in [-0.05, 0) is 51.0 Å². The minimum atomic E-state index is -0.526. The van der Waals surface area contributed by atoms with Crippen LogP contribution >= 0.6 is 11.3 Å². The lowest BCUT2D eigenvalue weighted by atomic mass is 9.85. The summed E-state index contributed by atoms with van der Waals surface area (Å²) in [7, 11) is 0. The van der Waals surface area contributed by atoms with Crippen molar-refractivity contribution < 1.29 is 14.3 Å². The molecule has 1 rings (SSSR count). The van der Waals surface area contributed by atoms with Gasteiger partial charge in [-0.25, -0.2) is 4.79 Å². The van der Waals surface area contributed by atoms with Crippen LogP contribution in [0.1, 0.15) is 72.2 Å². The quantitative estimate of drug-likeness (QED) is 0.768. The van der Waals surface area contributed by atoms with Crippen LogP contribution in [0.25, 0.3) is 0 Å². The van der Waals surface area contributed by atoms with E-state index in [0.717, 1.165) is 4.88 Å². The molecule has 0 saturated carbocycles. The fourth-order valence-electron chi connectivity index (χ4n) is 2.33. The van der Waals surface area contributed by atoms with Gasteiger partial charge in [0, 0.05) is 17.3 Å². The van der Waals surface area contributed by atoms with E-state index in [1.165, 1.54) is 0 Å². The summed E-state index contributed by atoms with van der Waals surface area (Å²) in [6.07, 6.45) is 0.466. The number of amides is 2. The van der Waals surface area contributed by atoms with E-state index in [4.69, 9.17) is 4.74 Å². The molecule has 0 saturated heterocycles. The van der Waals surface area contributed by atoms with Crippen molar-refractivity contribution >= 4 is 23.3 Å². The Balaban J connectivity index is 2.49. The van der Waals surface area contributed by atoms with Crippen molar-refractivity contribution in [2.45, 2.75) is 79.0 Å². The zero-order valence-electron chi connectivity index (χ0n) is 16.4. The SMILES string of the molecule is C[C@H](CCC(=O)N[C@@H](c1cccs1)C(C)(C)C)NC(=O)OC(C)(C)C. The molecule has 1 heterocycles. The third-order valence-electron chi connectivity index (χ3n) is 3.57. The van der Waals surface area contributed by atoms with Crippen molar-refractivity contribution in [3.63, 3.8) is 0 Å². The number of thiophene rings is 1. The molecular weight excluding hydrogens is 336 g/mol. The summed E-state index contributed by atoms with van der Waals surface area (Å²) in [6.45, 7) is 13.7. The Morgan fingerprint density at radius 3 is 2.28 bits per heavy atom. The van der Waals surface area contributed by atoms with E-state index in [0.29, 0.717) is 12.8 Å². The molecular formula is C19H32N2O3S. The number of carbonyl (C=O) groups excluding carboxylic acids is 2. The third-order valence-corrected chi connectivity index (χ3v) is 4.50. The molecule has 0 radical (unpaired) electrons. The average Bonchev–Trinajstić information content (AvgIpc) is 2.92. The standard InChI is InChI=1S/C19H32N2O3S/c1-13(20-17(23)24-19(5,6)7)10-11-15(22)21-16(18(2,3)4)14-9-8-12-25-14/h8-9,12-13,16H,10-11H2,1-7H3,(H,20,23)(H,21,22)/t13-,16+/m1/s1. The number of hydrogen-bond donors (Lipinski definition) is 2. The van der Waals surface area contributed by atoms with Gasteiger partial charge in [0.25, 0.3) is 0 Å². The Bertz CT molecular complexity index is 556. The summed E-state index contributed by atoms with van der Waals surface area (Å²) in [5.74, 6) is -0.00818. The van der Waals surface area contributed by atoms with Crippen LogP contribution in [-0.2, 0) is 9.53 Å². The third kappa shape index (κ3) is 8.38. The van der Waals surface area contributed by atoms with E-state index in [1.54, 1.807) is 11.3 Å². The number of ether oxygens (including phenoxy) is 1. The molecule has 2 amide bonds. The van der Waals surface area contributed by atoms with Crippen LogP contribution in [0.3, 0.4) is 0 Å². The Morgan fingerprint density at radius 2 is 1.80 bits per heavy atom. The van der Waals surface area contributed by atoms with Crippen LogP contribution < -0.4 is 10.6 Å². The van der Waals surface area contributed by atoms with Crippen molar-refractivity contribution in [1.29, 1.82) is 0 Å². The molecule has 1 aromatic heterocycles. The maximum absolute atomic E-state index is 12.4.